The van der Waals surface area contributed by atoms with Crippen molar-refractivity contribution < 1.29 is 9.18 Å². The molecule has 0 N–H and O–H groups in total. The lowest BCUT2D eigenvalue weighted by molar-refractivity contribution is 0.103. The third-order valence-electron chi connectivity index (χ3n) is 2.37. The van der Waals surface area contributed by atoms with Crippen LogP contribution < -0.4 is 0 Å². The molecule has 0 atom stereocenters. The van der Waals surface area contributed by atoms with Gasteiger partial charge in [0.2, 0.25) is 0 Å². The van der Waals surface area contributed by atoms with E-state index in [1.54, 1.807) is 6.07 Å². The van der Waals surface area contributed by atoms with Gasteiger partial charge in [0.05, 0.1) is 10.0 Å². The summed E-state index contributed by atoms with van der Waals surface area (Å²) >= 11 is 17.5. The summed E-state index contributed by atoms with van der Waals surface area (Å²) in [5.41, 5.74) is 0.248. The van der Waals surface area contributed by atoms with E-state index in [1.165, 1.54) is 30.3 Å². The Hall–Kier alpha value is -1.09. The molecule has 0 amide bonds. The second-order valence-corrected chi connectivity index (χ2v) is 4.78. The van der Waals surface area contributed by atoms with E-state index in [0.717, 1.165) is 0 Å². The van der Waals surface area contributed by atoms with Crippen LogP contribution in [0.15, 0.2) is 36.4 Å². The van der Waals surface area contributed by atoms with Crippen molar-refractivity contribution in [2.24, 2.45) is 0 Å². The number of rotatable bonds is 2. The molecule has 18 heavy (non-hydrogen) atoms. The fourth-order valence-electron chi connectivity index (χ4n) is 1.50. The molecule has 0 spiro atoms. The molecule has 0 saturated heterocycles. The zero-order valence-electron chi connectivity index (χ0n) is 8.88. The molecule has 5 heteroatoms. The van der Waals surface area contributed by atoms with Crippen molar-refractivity contribution in [3.63, 3.8) is 0 Å². The van der Waals surface area contributed by atoms with Crippen molar-refractivity contribution in [3.05, 3.63) is 68.4 Å². The van der Waals surface area contributed by atoms with E-state index in [9.17, 15) is 9.18 Å². The van der Waals surface area contributed by atoms with Crippen LogP contribution in [0.1, 0.15) is 15.9 Å². The minimum Gasteiger partial charge on any atom is -0.288 e. The predicted octanol–water partition coefficient (Wildman–Crippen LogP) is 5.02. The van der Waals surface area contributed by atoms with Gasteiger partial charge < -0.3 is 0 Å². The van der Waals surface area contributed by atoms with Crippen molar-refractivity contribution in [1.29, 1.82) is 0 Å². The van der Waals surface area contributed by atoms with Crippen molar-refractivity contribution in [1.82, 2.24) is 0 Å². The highest BCUT2D eigenvalue weighted by molar-refractivity contribution is 6.39. The predicted molar refractivity (Wildman–Crippen MR) is 71.3 cm³/mol. The van der Waals surface area contributed by atoms with E-state index < -0.39 is 11.6 Å². The first kappa shape index (κ1) is 13.3. The van der Waals surface area contributed by atoms with Crippen LogP contribution in [0.2, 0.25) is 15.1 Å². The zero-order valence-corrected chi connectivity index (χ0v) is 11.2. The molecule has 0 heterocycles. The van der Waals surface area contributed by atoms with Gasteiger partial charge in [0.1, 0.15) is 5.82 Å². The molecule has 2 aromatic rings. The Morgan fingerprint density at radius 2 is 1.72 bits per heavy atom. The summed E-state index contributed by atoms with van der Waals surface area (Å²) < 4.78 is 13.3. The summed E-state index contributed by atoms with van der Waals surface area (Å²) in [5.74, 6) is -1.12. The van der Waals surface area contributed by atoms with Crippen LogP contribution in [0, 0.1) is 5.82 Å². The van der Waals surface area contributed by atoms with Crippen molar-refractivity contribution in [2.75, 3.05) is 0 Å². The Kier molecular flexibility index (Phi) is 3.91. The number of carbonyl (C=O) groups excluding carboxylic acids is 1. The maximum Gasteiger partial charge on any atom is 0.196 e. The second-order valence-electron chi connectivity index (χ2n) is 3.55. The van der Waals surface area contributed by atoms with E-state index in [-0.39, 0.29) is 21.2 Å². The Labute approximate surface area is 118 Å². The Bertz CT molecular complexity index is 622. The minimum absolute atomic E-state index is 0.0563. The van der Waals surface area contributed by atoms with Crippen LogP contribution in [0.5, 0.6) is 0 Å². The molecule has 0 aliphatic rings. The molecule has 0 unspecified atom stereocenters. The number of benzene rings is 2. The van der Waals surface area contributed by atoms with E-state index in [0.29, 0.717) is 5.02 Å². The van der Waals surface area contributed by atoms with Gasteiger partial charge in [-0.3, -0.25) is 4.79 Å². The largest absolute Gasteiger partial charge is 0.288 e. The minimum atomic E-state index is -0.652. The summed E-state index contributed by atoms with van der Waals surface area (Å²) in [5, 5.41) is 0.388. The van der Waals surface area contributed by atoms with Crippen LogP contribution in [-0.2, 0) is 0 Å². The highest BCUT2D eigenvalue weighted by atomic mass is 35.5. The van der Waals surface area contributed by atoms with Gasteiger partial charge in [-0.25, -0.2) is 4.39 Å². The smallest absolute Gasteiger partial charge is 0.196 e. The summed E-state index contributed by atoms with van der Waals surface area (Å²) in [4.78, 5) is 12.2. The average molecular weight is 304 g/mol. The summed E-state index contributed by atoms with van der Waals surface area (Å²) in [7, 11) is 0. The highest BCUT2D eigenvalue weighted by Crippen LogP contribution is 2.27. The Morgan fingerprint density at radius 3 is 2.44 bits per heavy atom. The SMILES string of the molecule is O=C(c1cc(Cl)ccc1Cl)c1cccc(F)c1Cl. The standard InChI is InChI=1S/C13H6Cl3FO/c14-7-4-5-10(15)9(6-7)13(18)8-2-1-3-11(17)12(8)16/h1-6H. The van der Waals surface area contributed by atoms with E-state index in [4.69, 9.17) is 34.8 Å². The second kappa shape index (κ2) is 5.27. The third-order valence-corrected chi connectivity index (χ3v) is 3.32. The number of hydrogen-bond acceptors (Lipinski definition) is 1. The van der Waals surface area contributed by atoms with Gasteiger partial charge in [0.25, 0.3) is 0 Å². The lowest BCUT2D eigenvalue weighted by atomic mass is 10.0. The van der Waals surface area contributed by atoms with Crippen LogP contribution >= 0.6 is 34.8 Å². The van der Waals surface area contributed by atoms with Gasteiger partial charge in [-0.1, -0.05) is 40.9 Å². The van der Waals surface area contributed by atoms with Crippen LogP contribution in [0.25, 0.3) is 0 Å². The monoisotopic (exact) mass is 302 g/mol. The lowest BCUT2D eigenvalue weighted by Crippen LogP contribution is -2.04. The molecule has 0 radical (unpaired) electrons. The molecule has 0 saturated carbocycles. The molecule has 1 nitrogen and oxygen atoms in total. The lowest BCUT2D eigenvalue weighted by Gasteiger charge is -2.06. The number of ketones is 1. The quantitative estimate of drug-likeness (QED) is 0.712. The summed E-state index contributed by atoms with van der Waals surface area (Å²) in [6, 6.07) is 8.52. The van der Waals surface area contributed by atoms with E-state index >= 15 is 0 Å². The third kappa shape index (κ3) is 2.51. The molecule has 92 valence electrons. The normalized spacial score (nSPS) is 10.4. The molecular weight excluding hydrogens is 297 g/mol. The topological polar surface area (TPSA) is 17.1 Å². The van der Waals surface area contributed by atoms with Crippen LogP contribution in [-0.4, -0.2) is 5.78 Å². The highest BCUT2D eigenvalue weighted by Gasteiger charge is 2.18. The number of carbonyl (C=O) groups is 1. The molecule has 2 rings (SSSR count). The van der Waals surface area contributed by atoms with Gasteiger partial charge in [-0.05, 0) is 30.3 Å². The van der Waals surface area contributed by atoms with Gasteiger partial charge >= 0.3 is 0 Å². The van der Waals surface area contributed by atoms with Gasteiger partial charge in [0.15, 0.2) is 5.78 Å². The molecule has 0 aliphatic carbocycles. The first-order valence-electron chi connectivity index (χ1n) is 4.94. The van der Waals surface area contributed by atoms with Crippen molar-refractivity contribution in [3.8, 4) is 0 Å². The molecule has 0 fully saturated rings. The van der Waals surface area contributed by atoms with E-state index in [2.05, 4.69) is 0 Å². The van der Waals surface area contributed by atoms with Gasteiger partial charge in [-0.15, -0.1) is 0 Å². The summed E-state index contributed by atoms with van der Waals surface area (Å²) in [6.07, 6.45) is 0. The van der Waals surface area contributed by atoms with Gasteiger partial charge in [-0.2, -0.15) is 0 Å². The summed E-state index contributed by atoms with van der Waals surface area (Å²) in [6.45, 7) is 0. The fraction of sp³-hybridized carbons (Fsp3) is 0. The maximum atomic E-state index is 13.3. The Balaban J connectivity index is 2.55. The number of halogens is 4. The van der Waals surface area contributed by atoms with E-state index in [1.807, 2.05) is 0 Å². The first-order valence-corrected chi connectivity index (χ1v) is 6.08. The molecule has 0 aromatic heterocycles. The molecule has 0 bridgehead atoms. The van der Waals surface area contributed by atoms with Crippen LogP contribution in [0.3, 0.4) is 0 Å². The number of hydrogen-bond donors (Lipinski definition) is 0. The van der Waals surface area contributed by atoms with Crippen molar-refractivity contribution >= 4 is 40.6 Å². The fourth-order valence-corrected chi connectivity index (χ4v) is 2.08. The average Bonchev–Trinajstić information content (AvgIpc) is 2.35. The van der Waals surface area contributed by atoms with Crippen LogP contribution in [0.4, 0.5) is 4.39 Å². The molecule has 2 aromatic carbocycles. The first-order chi connectivity index (χ1) is 8.50. The zero-order chi connectivity index (χ0) is 13.3. The van der Waals surface area contributed by atoms with Crippen molar-refractivity contribution in [2.45, 2.75) is 0 Å². The molecular formula is C13H6Cl3FO. The molecule has 0 aliphatic heterocycles. The van der Waals surface area contributed by atoms with Gasteiger partial charge in [0, 0.05) is 16.1 Å². The maximum absolute atomic E-state index is 13.3. The Morgan fingerprint density at radius 1 is 1.00 bits per heavy atom.